The zero-order valence-electron chi connectivity index (χ0n) is 13.0. The molecule has 0 aromatic carbocycles. The number of halogens is 1. The van der Waals surface area contributed by atoms with Gasteiger partial charge in [-0.25, -0.2) is 14.8 Å². The highest BCUT2D eigenvalue weighted by Crippen LogP contribution is 2.27. The van der Waals surface area contributed by atoms with Crippen LogP contribution in [0.1, 0.15) is 25.7 Å². The Kier molecular flexibility index (Phi) is 5.10. The number of primary amides is 1. The number of nitrogens with one attached hydrogen (secondary N) is 1. The van der Waals surface area contributed by atoms with Gasteiger partial charge in [-0.05, 0) is 31.4 Å². The predicted molar refractivity (Wildman–Crippen MR) is 90.6 cm³/mol. The number of nitrogens with zero attached hydrogens (tertiary/aromatic N) is 3. The zero-order chi connectivity index (χ0) is 16.9. The number of hydrogen-bond donors (Lipinski definition) is 2. The number of pyridine rings is 1. The predicted octanol–water partition coefficient (Wildman–Crippen LogP) is 3.01. The molecule has 0 bridgehead atoms. The van der Waals surface area contributed by atoms with Crippen LogP contribution < -0.4 is 11.1 Å². The lowest BCUT2D eigenvalue weighted by atomic mass is 9.93. The minimum Gasteiger partial charge on any atom is -0.446 e. The van der Waals surface area contributed by atoms with Gasteiger partial charge in [0.05, 0.1) is 16.9 Å². The van der Waals surface area contributed by atoms with Crippen LogP contribution >= 0.6 is 11.6 Å². The Bertz CT molecular complexity index is 713. The first kappa shape index (κ1) is 16.4. The Morgan fingerprint density at radius 2 is 2.25 bits per heavy atom. The van der Waals surface area contributed by atoms with Gasteiger partial charge in [-0.2, -0.15) is 0 Å². The lowest BCUT2D eigenvalue weighted by molar-refractivity contribution is 0.0796. The van der Waals surface area contributed by atoms with Crippen molar-refractivity contribution in [3.05, 3.63) is 35.7 Å². The number of ether oxygens (including phenoxy) is 1. The molecule has 2 atom stereocenters. The monoisotopic (exact) mass is 347 g/mol. The fourth-order valence-electron chi connectivity index (χ4n) is 2.87. The van der Waals surface area contributed by atoms with E-state index in [4.69, 9.17) is 22.1 Å². The maximum absolute atomic E-state index is 10.9. The molecule has 7 nitrogen and oxygen atoms in total. The Hall–Kier alpha value is -2.41. The van der Waals surface area contributed by atoms with Gasteiger partial charge in [0.15, 0.2) is 0 Å². The summed E-state index contributed by atoms with van der Waals surface area (Å²) in [4.78, 5) is 23.7. The number of carbonyl (C=O) groups excluding carboxylic acids is 1. The zero-order valence-corrected chi connectivity index (χ0v) is 13.7. The van der Waals surface area contributed by atoms with E-state index in [0.29, 0.717) is 23.1 Å². The molecule has 1 aliphatic rings. The van der Waals surface area contributed by atoms with Crippen molar-refractivity contribution in [2.45, 2.75) is 37.8 Å². The summed E-state index contributed by atoms with van der Waals surface area (Å²) in [6.07, 6.45) is 7.46. The van der Waals surface area contributed by atoms with E-state index in [1.54, 1.807) is 18.6 Å². The van der Waals surface area contributed by atoms with Crippen molar-refractivity contribution in [3.63, 3.8) is 0 Å². The van der Waals surface area contributed by atoms with Crippen molar-refractivity contribution in [2.24, 2.45) is 5.73 Å². The van der Waals surface area contributed by atoms with Gasteiger partial charge in [-0.3, -0.25) is 4.98 Å². The topological polar surface area (TPSA) is 103 Å². The minimum atomic E-state index is -0.734. The molecule has 0 aliphatic heterocycles. The van der Waals surface area contributed by atoms with Crippen molar-refractivity contribution in [1.29, 1.82) is 0 Å². The first-order valence-corrected chi connectivity index (χ1v) is 8.15. The first-order valence-electron chi connectivity index (χ1n) is 7.77. The Labute approximate surface area is 144 Å². The highest BCUT2D eigenvalue weighted by atomic mass is 35.5. The normalized spacial score (nSPS) is 20.4. The van der Waals surface area contributed by atoms with Gasteiger partial charge in [0, 0.05) is 30.4 Å². The number of nitrogens with two attached hydrogens (primary N) is 1. The summed E-state index contributed by atoms with van der Waals surface area (Å²) in [5.41, 5.74) is 6.55. The number of hydrogen-bond acceptors (Lipinski definition) is 6. The lowest BCUT2D eigenvalue weighted by Crippen LogP contribution is -2.34. The molecule has 1 saturated carbocycles. The molecule has 1 amide bonds. The third-order valence-corrected chi connectivity index (χ3v) is 4.20. The fourth-order valence-corrected chi connectivity index (χ4v) is 3.07. The van der Waals surface area contributed by atoms with Gasteiger partial charge in [0.25, 0.3) is 0 Å². The van der Waals surface area contributed by atoms with Gasteiger partial charge in [-0.1, -0.05) is 11.6 Å². The quantitative estimate of drug-likeness (QED) is 0.881. The van der Waals surface area contributed by atoms with Gasteiger partial charge in [0.1, 0.15) is 6.10 Å². The van der Waals surface area contributed by atoms with Crippen LogP contribution in [-0.4, -0.2) is 33.2 Å². The van der Waals surface area contributed by atoms with E-state index < -0.39 is 6.09 Å². The van der Waals surface area contributed by atoms with E-state index in [9.17, 15) is 4.79 Å². The average molecular weight is 348 g/mol. The second-order valence-corrected chi connectivity index (χ2v) is 6.11. The summed E-state index contributed by atoms with van der Waals surface area (Å²) >= 11 is 6.20. The summed E-state index contributed by atoms with van der Waals surface area (Å²) in [5, 5.41) is 3.75. The summed E-state index contributed by atoms with van der Waals surface area (Å²) in [7, 11) is 0. The maximum Gasteiger partial charge on any atom is 0.404 e. The number of amides is 1. The Balaban J connectivity index is 1.72. The molecule has 0 saturated heterocycles. The van der Waals surface area contributed by atoms with E-state index in [2.05, 4.69) is 20.3 Å². The average Bonchev–Trinajstić information content (AvgIpc) is 2.57. The number of aromatic nitrogens is 3. The summed E-state index contributed by atoms with van der Waals surface area (Å²) in [6, 6.07) is 3.84. The molecule has 2 aromatic rings. The van der Waals surface area contributed by atoms with Crippen molar-refractivity contribution in [1.82, 2.24) is 15.0 Å². The largest absolute Gasteiger partial charge is 0.446 e. The van der Waals surface area contributed by atoms with E-state index >= 15 is 0 Å². The van der Waals surface area contributed by atoms with Gasteiger partial charge in [-0.15, -0.1) is 0 Å². The molecular weight excluding hydrogens is 330 g/mol. The molecule has 1 aliphatic carbocycles. The lowest BCUT2D eigenvalue weighted by Gasteiger charge is -2.29. The minimum absolute atomic E-state index is 0.117. The summed E-state index contributed by atoms with van der Waals surface area (Å²) < 4.78 is 5.10. The maximum atomic E-state index is 10.9. The molecule has 2 aromatic heterocycles. The van der Waals surface area contributed by atoms with Crippen LogP contribution in [0.3, 0.4) is 0 Å². The van der Waals surface area contributed by atoms with Crippen molar-refractivity contribution in [2.75, 3.05) is 5.32 Å². The smallest absolute Gasteiger partial charge is 0.404 e. The van der Waals surface area contributed by atoms with Gasteiger partial charge < -0.3 is 15.8 Å². The van der Waals surface area contributed by atoms with Gasteiger partial charge in [0.2, 0.25) is 5.95 Å². The van der Waals surface area contributed by atoms with Crippen LogP contribution in [-0.2, 0) is 4.74 Å². The second-order valence-electron chi connectivity index (χ2n) is 5.70. The van der Waals surface area contributed by atoms with Crippen LogP contribution in [0.2, 0.25) is 5.02 Å². The van der Waals surface area contributed by atoms with Crippen LogP contribution in [0.15, 0.2) is 30.7 Å². The van der Waals surface area contributed by atoms with Crippen LogP contribution in [0.5, 0.6) is 0 Å². The molecule has 3 rings (SSSR count). The third-order valence-electron chi connectivity index (χ3n) is 3.92. The molecule has 0 spiro atoms. The molecule has 126 valence electrons. The molecule has 3 N–H and O–H groups in total. The highest BCUT2D eigenvalue weighted by molar-refractivity contribution is 6.32. The second kappa shape index (κ2) is 7.44. The number of rotatable bonds is 4. The third kappa shape index (κ3) is 4.11. The molecule has 1 fully saturated rings. The van der Waals surface area contributed by atoms with Crippen molar-refractivity contribution >= 4 is 23.6 Å². The fraction of sp³-hybridized carbons (Fsp3) is 0.375. The van der Waals surface area contributed by atoms with Gasteiger partial charge >= 0.3 is 6.09 Å². The van der Waals surface area contributed by atoms with E-state index in [0.717, 1.165) is 24.8 Å². The standard InChI is InChI=1S/C16H18ClN5O2/c17-13-9-20-16(22-14(13)10-3-2-6-19-8-10)21-11-4-1-5-12(7-11)24-15(18)23/h2-3,6,8-9,11-12H,1,4-5,7H2,(H2,18,23)(H,20,21,22). The SMILES string of the molecule is NC(=O)OC1CCCC(Nc2ncc(Cl)c(-c3cccnc3)n2)C1. The van der Waals surface area contributed by atoms with Crippen LogP contribution in [0, 0.1) is 0 Å². The van der Waals surface area contributed by atoms with Crippen LogP contribution in [0.25, 0.3) is 11.3 Å². The number of anilines is 1. The molecule has 24 heavy (non-hydrogen) atoms. The Morgan fingerprint density at radius 3 is 3.00 bits per heavy atom. The highest BCUT2D eigenvalue weighted by Gasteiger charge is 2.25. The molecule has 2 unspecified atom stereocenters. The van der Waals surface area contributed by atoms with E-state index in [1.807, 2.05) is 12.1 Å². The Morgan fingerprint density at radius 1 is 1.38 bits per heavy atom. The van der Waals surface area contributed by atoms with Crippen LogP contribution in [0.4, 0.5) is 10.7 Å². The number of carbonyl (C=O) groups is 1. The summed E-state index contributed by atoms with van der Waals surface area (Å²) in [6.45, 7) is 0. The first-order chi connectivity index (χ1) is 11.6. The van der Waals surface area contributed by atoms with E-state index in [-0.39, 0.29) is 12.1 Å². The van der Waals surface area contributed by atoms with Crippen molar-refractivity contribution < 1.29 is 9.53 Å². The molecule has 0 radical (unpaired) electrons. The molecule has 2 heterocycles. The van der Waals surface area contributed by atoms with E-state index in [1.165, 1.54) is 0 Å². The molecular formula is C16H18ClN5O2. The summed E-state index contributed by atoms with van der Waals surface area (Å²) in [5.74, 6) is 0.489. The van der Waals surface area contributed by atoms with Crippen molar-refractivity contribution in [3.8, 4) is 11.3 Å². The molecule has 8 heteroatoms.